The number of fused-ring (bicyclic) bond motifs is 1. The van der Waals surface area contributed by atoms with Crippen molar-refractivity contribution in [3.63, 3.8) is 0 Å². The lowest BCUT2D eigenvalue weighted by molar-refractivity contribution is 0.0749. The smallest absolute Gasteiger partial charge is 0.270 e. The van der Waals surface area contributed by atoms with Crippen molar-refractivity contribution in [2.45, 2.75) is 19.8 Å². The summed E-state index contributed by atoms with van der Waals surface area (Å²) in [6, 6.07) is 1.72. The first-order chi connectivity index (χ1) is 10.1. The van der Waals surface area contributed by atoms with Crippen molar-refractivity contribution in [3.8, 4) is 0 Å². The van der Waals surface area contributed by atoms with E-state index in [0.717, 1.165) is 39.0 Å². The van der Waals surface area contributed by atoms with Gasteiger partial charge >= 0.3 is 0 Å². The molecule has 3 heterocycles. The number of nitrogens with zero attached hydrogens (tertiary/aromatic N) is 2. The van der Waals surface area contributed by atoms with Gasteiger partial charge < -0.3 is 14.8 Å². The van der Waals surface area contributed by atoms with E-state index >= 15 is 0 Å². The standard InChI is InChI=1S/C16H23N3O2/c1-11(20)14-7-15(18(2)10-14)16(21)19-5-3-12-8-17-9-13(12)4-6-19/h7,10,12-13,17H,3-6,8-9H2,1-2H3/t12-,13+. The van der Waals surface area contributed by atoms with Gasteiger partial charge in [0.05, 0.1) is 0 Å². The molecule has 1 aromatic heterocycles. The molecule has 2 aliphatic heterocycles. The minimum absolute atomic E-state index is 0.00104. The normalized spacial score (nSPS) is 25.5. The highest BCUT2D eigenvalue weighted by molar-refractivity contribution is 5.99. The Labute approximate surface area is 125 Å². The second-order valence-electron chi connectivity index (χ2n) is 6.33. The van der Waals surface area contributed by atoms with Crippen LogP contribution in [0.25, 0.3) is 0 Å². The number of aryl methyl sites for hydroxylation is 1. The largest absolute Gasteiger partial charge is 0.346 e. The summed E-state index contributed by atoms with van der Waals surface area (Å²) >= 11 is 0. The molecule has 2 saturated heterocycles. The van der Waals surface area contributed by atoms with Gasteiger partial charge in [0.1, 0.15) is 5.69 Å². The minimum Gasteiger partial charge on any atom is -0.346 e. The fourth-order valence-electron chi connectivity index (χ4n) is 3.55. The van der Waals surface area contributed by atoms with Crippen molar-refractivity contribution in [2.24, 2.45) is 18.9 Å². The van der Waals surface area contributed by atoms with Crippen LogP contribution in [0.15, 0.2) is 12.3 Å². The maximum Gasteiger partial charge on any atom is 0.270 e. The van der Waals surface area contributed by atoms with E-state index in [9.17, 15) is 9.59 Å². The van der Waals surface area contributed by atoms with E-state index in [1.807, 2.05) is 11.9 Å². The molecule has 1 N–H and O–H groups in total. The number of carbonyl (C=O) groups excluding carboxylic acids is 2. The number of aromatic nitrogens is 1. The maximum atomic E-state index is 12.7. The van der Waals surface area contributed by atoms with Gasteiger partial charge in [-0.05, 0) is 50.8 Å². The average molecular weight is 289 g/mol. The molecule has 114 valence electrons. The number of nitrogens with one attached hydrogen (secondary N) is 1. The van der Waals surface area contributed by atoms with Crippen LogP contribution >= 0.6 is 0 Å². The van der Waals surface area contributed by atoms with E-state index in [2.05, 4.69) is 5.32 Å². The topological polar surface area (TPSA) is 54.3 Å². The zero-order chi connectivity index (χ0) is 15.0. The van der Waals surface area contributed by atoms with Gasteiger partial charge in [-0.3, -0.25) is 9.59 Å². The van der Waals surface area contributed by atoms with E-state index in [4.69, 9.17) is 0 Å². The lowest BCUT2D eigenvalue weighted by Gasteiger charge is -2.21. The van der Waals surface area contributed by atoms with Crippen LogP contribution in [-0.4, -0.2) is 47.3 Å². The minimum atomic E-state index is 0.00104. The first kappa shape index (κ1) is 14.3. The molecule has 0 aromatic carbocycles. The van der Waals surface area contributed by atoms with Crippen LogP contribution < -0.4 is 5.32 Å². The van der Waals surface area contributed by atoms with E-state index in [-0.39, 0.29) is 11.7 Å². The molecular weight excluding hydrogens is 266 g/mol. The molecule has 2 fully saturated rings. The zero-order valence-electron chi connectivity index (χ0n) is 12.8. The molecule has 0 bridgehead atoms. The summed E-state index contributed by atoms with van der Waals surface area (Å²) in [4.78, 5) is 26.1. The zero-order valence-corrected chi connectivity index (χ0v) is 12.8. The summed E-state index contributed by atoms with van der Waals surface area (Å²) in [5, 5.41) is 3.45. The van der Waals surface area contributed by atoms with E-state index in [1.165, 1.54) is 6.92 Å². The van der Waals surface area contributed by atoms with Gasteiger partial charge in [0.25, 0.3) is 5.91 Å². The Morgan fingerprint density at radius 2 is 1.81 bits per heavy atom. The Morgan fingerprint density at radius 1 is 1.19 bits per heavy atom. The highest BCUT2D eigenvalue weighted by Crippen LogP contribution is 2.27. The van der Waals surface area contributed by atoms with Gasteiger partial charge in [-0.1, -0.05) is 0 Å². The van der Waals surface area contributed by atoms with E-state index < -0.39 is 0 Å². The van der Waals surface area contributed by atoms with Crippen molar-refractivity contribution in [3.05, 3.63) is 23.5 Å². The fourth-order valence-corrected chi connectivity index (χ4v) is 3.55. The molecule has 5 heteroatoms. The van der Waals surface area contributed by atoms with Crippen molar-refractivity contribution >= 4 is 11.7 Å². The Bertz CT molecular complexity index is 550. The van der Waals surface area contributed by atoms with Crippen LogP contribution in [0.4, 0.5) is 0 Å². The quantitative estimate of drug-likeness (QED) is 0.835. The Morgan fingerprint density at radius 3 is 2.33 bits per heavy atom. The van der Waals surface area contributed by atoms with Crippen molar-refractivity contribution in [2.75, 3.05) is 26.2 Å². The highest BCUT2D eigenvalue weighted by Gasteiger charge is 2.32. The number of hydrogen-bond acceptors (Lipinski definition) is 3. The third kappa shape index (κ3) is 2.75. The van der Waals surface area contributed by atoms with E-state index in [1.54, 1.807) is 16.8 Å². The third-order valence-corrected chi connectivity index (χ3v) is 4.94. The lowest BCUT2D eigenvalue weighted by atomic mass is 9.92. The van der Waals surface area contributed by atoms with Crippen molar-refractivity contribution in [1.82, 2.24) is 14.8 Å². The molecule has 0 unspecified atom stereocenters. The van der Waals surface area contributed by atoms with Crippen molar-refractivity contribution in [1.29, 1.82) is 0 Å². The summed E-state index contributed by atoms with van der Waals surface area (Å²) in [5.41, 5.74) is 1.22. The van der Waals surface area contributed by atoms with Gasteiger partial charge in [-0.25, -0.2) is 0 Å². The summed E-state index contributed by atoms with van der Waals surface area (Å²) in [5.74, 6) is 1.48. The monoisotopic (exact) mass is 289 g/mol. The number of ketones is 1. The lowest BCUT2D eigenvalue weighted by Crippen LogP contribution is -2.33. The Balaban J connectivity index is 1.74. The molecule has 2 atom stereocenters. The highest BCUT2D eigenvalue weighted by atomic mass is 16.2. The van der Waals surface area contributed by atoms with Crippen LogP contribution in [-0.2, 0) is 7.05 Å². The molecule has 0 aliphatic carbocycles. The Kier molecular flexibility index (Phi) is 3.85. The van der Waals surface area contributed by atoms with Crippen molar-refractivity contribution < 1.29 is 9.59 Å². The van der Waals surface area contributed by atoms with E-state index in [0.29, 0.717) is 23.1 Å². The predicted molar refractivity (Wildman–Crippen MR) is 80.4 cm³/mol. The molecule has 1 amide bonds. The average Bonchev–Trinajstić information content (AvgIpc) is 3.00. The van der Waals surface area contributed by atoms with Gasteiger partial charge in [-0.2, -0.15) is 0 Å². The molecule has 0 saturated carbocycles. The number of Topliss-reactive ketones (excluding diaryl/α,β-unsaturated/α-hetero) is 1. The van der Waals surface area contributed by atoms with Crippen LogP contribution in [0, 0.1) is 11.8 Å². The second-order valence-corrected chi connectivity index (χ2v) is 6.33. The van der Waals surface area contributed by atoms with Crippen LogP contribution in [0.1, 0.15) is 40.6 Å². The number of hydrogen-bond donors (Lipinski definition) is 1. The summed E-state index contributed by atoms with van der Waals surface area (Å²) < 4.78 is 1.77. The summed E-state index contributed by atoms with van der Waals surface area (Å²) in [6.07, 6.45) is 3.90. The molecule has 1 aromatic rings. The number of carbonyl (C=O) groups is 2. The first-order valence-corrected chi connectivity index (χ1v) is 7.73. The number of amides is 1. The molecule has 0 spiro atoms. The van der Waals surface area contributed by atoms with Gasteiger partial charge in [0, 0.05) is 31.9 Å². The first-order valence-electron chi connectivity index (χ1n) is 7.73. The molecular formula is C16H23N3O2. The summed E-state index contributed by atoms with van der Waals surface area (Å²) in [6.45, 7) is 5.35. The molecule has 2 aliphatic rings. The van der Waals surface area contributed by atoms with Crippen LogP contribution in [0.2, 0.25) is 0 Å². The maximum absolute atomic E-state index is 12.7. The number of rotatable bonds is 2. The third-order valence-electron chi connectivity index (χ3n) is 4.94. The Hall–Kier alpha value is -1.62. The summed E-state index contributed by atoms with van der Waals surface area (Å²) in [7, 11) is 1.83. The predicted octanol–water partition coefficient (Wildman–Crippen LogP) is 1.30. The van der Waals surface area contributed by atoms with Crippen LogP contribution in [0.3, 0.4) is 0 Å². The van der Waals surface area contributed by atoms with Gasteiger partial charge in [0.2, 0.25) is 0 Å². The molecule has 21 heavy (non-hydrogen) atoms. The fraction of sp³-hybridized carbons (Fsp3) is 0.625. The van der Waals surface area contributed by atoms with Gasteiger partial charge in [0.15, 0.2) is 5.78 Å². The van der Waals surface area contributed by atoms with Gasteiger partial charge in [-0.15, -0.1) is 0 Å². The molecule has 5 nitrogen and oxygen atoms in total. The molecule has 0 radical (unpaired) electrons. The molecule has 3 rings (SSSR count). The SMILES string of the molecule is CC(=O)c1cc(C(=O)N2CC[C@@H]3CNC[C@@H]3CC2)n(C)c1. The number of likely N-dealkylation sites (tertiary alicyclic amines) is 1. The second kappa shape index (κ2) is 5.64. The van der Waals surface area contributed by atoms with Crippen LogP contribution in [0.5, 0.6) is 0 Å².